The third-order valence-electron chi connectivity index (χ3n) is 5.02. The lowest BCUT2D eigenvalue weighted by Crippen LogP contribution is -2.37. The number of nitrogens with zero attached hydrogens (tertiary/aromatic N) is 2. The van der Waals surface area contributed by atoms with Crippen molar-refractivity contribution in [3.63, 3.8) is 0 Å². The molecule has 0 unspecified atom stereocenters. The van der Waals surface area contributed by atoms with Gasteiger partial charge in [-0.3, -0.25) is 14.3 Å². The van der Waals surface area contributed by atoms with Gasteiger partial charge in [0.25, 0.3) is 5.56 Å². The van der Waals surface area contributed by atoms with Crippen LogP contribution in [-0.2, 0) is 6.54 Å². The summed E-state index contributed by atoms with van der Waals surface area (Å²) in [5.41, 5.74) is 8.68. The number of aromatic nitrogens is 2. The number of H-pyrrole nitrogens is 1. The summed E-state index contributed by atoms with van der Waals surface area (Å²) in [6, 6.07) is 15.6. The van der Waals surface area contributed by atoms with Crippen molar-refractivity contribution in [2.75, 3.05) is 30.8 Å². The topological polar surface area (TPSA) is 93.3 Å². The molecule has 3 aromatic rings. The van der Waals surface area contributed by atoms with Crippen LogP contribution in [0.2, 0.25) is 0 Å². The Bertz CT molecular complexity index is 1120. The van der Waals surface area contributed by atoms with Crippen LogP contribution in [0.3, 0.4) is 0 Å². The fraction of sp³-hybridized carbons (Fsp3) is 0.304. The van der Waals surface area contributed by atoms with E-state index >= 15 is 0 Å². The maximum atomic E-state index is 12.4. The van der Waals surface area contributed by atoms with E-state index in [0.29, 0.717) is 26.1 Å². The van der Waals surface area contributed by atoms with E-state index in [0.717, 1.165) is 22.4 Å². The Morgan fingerprint density at radius 2 is 1.83 bits per heavy atom. The Kier molecular flexibility index (Phi) is 6.61. The fourth-order valence-electron chi connectivity index (χ4n) is 3.33. The average Bonchev–Trinajstić information content (AvgIpc) is 2.71. The molecule has 30 heavy (non-hydrogen) atoms. The molecular formula is C23H28N4O3. The minimum absolute atomic E-state index is 0.158. The van der Waals surface area contributed by atoms with Gasteiger partial charge in [-0.1, -0.05) is 42.5 Å². The van der Waals surface area contributed by atoms with Crippen molar-refractivity contribution >= 4 is 11.5 Å². The van der Waals surface area contributed by atoms with Gasteiger partial charge in [0.15, 0.2) is 0 Å². The molecule has 1 aromatic heterocycles. The average molecular weight is 409 g/mol. The summed E-state index contributed by atoms with van der Waals surface area (Å²) in [5, 5.41) is 0. The lowest BCUT2D eigenvalue weighted by Gasteiger charge is -2.22. The summed E-state index contributed by atoms with van der Waals surface area (Å²) in [4.78, 5) is 28.9. The Morgan fingerprint density at radius 1 is 1.10 bits per heavy atom. The highest BCUT2D eigenvalue weighted by Gasteiger charge is 2.16. The lowest BCUT2D eigenvalue weighted by molar-refractivity contribution is 0.310. The summed E-state index contributed by atoms with van der Waals surface area (Å²) >= 11 is 0. The van der Waals surface area contributed by atoms with E-state index in [2.05, 4.69) is 11.1 Å². The molecule has 0 aliphatic heterocycles. The first kappa shape index (κ1) is 21.2. The van der Waals surface area contributed by atoms with Crippen molar-refractivity contribution in [1.29, 1.82) is 0 Å². The first-order chi connectivity index (χ1) is 14.4. The van der Waals surface area contributed by atoms with E-state index < -0.39 is 11.2 Å². The molecule has 0 atom stereocenters. The van der Waals surface area contributed by atoms with Crippen molar-refractivity contribution < 1.29 is 4.74 Å². The number of nitrogens with one attached hydrogen (secondary N) is 1. The number of aromatic amines is 1. The van der Waals surface area contributed by atoms with Gasteiger partial charge in [-0.15, -0.1) is 0 Å². The third-order valence-corrected chi connectivity index (χ3v) is 5.02. The molecule has 0 spiro atoms. The zero-order valence-corrected chi connectivity index (χ0v) is 17.6. The number of nitrogens with two attached hydrogens (primary N) is 1. The minimum Gasteiger partial charge on any atom is -0.493 e. The molecule has 0 amide bonds. The van der Waals surface area contributed by atoms with E-state index in [1.165, 1.54) is 4.57 Å². The quantitative estimate of drug-likeness (QED) is 0.559. The molecule has 3 rings (SSSR count). The van der Waals surface area contributed by atoms with Gasteiger partial charge in [0, 0.05) is 13.6 Å². The molecule has 0 aliphatic rings. The van der Waals surface area contributed by atoms with Crippen LogP contribution in [-0.4, -0.2) is 29.8 Å². The van der Waals surface area contributed by atoms with Crippen molar-refractivity contribution in [3.8, 4) is 5.75 Å². The molecule has 0 aliphatic carbocycles. The van der Waals surface area contributed by atoms with Crippen LogP contribution in [0.25, 0.3) is 0 Å². The van der Waals surface area contributed by atoms with Gasteiger partial charge in [-0.05, 0) is 43.0 Å². The number of hydrogen-bond acceptors (Lipinski definition) is 5. The molecule has 0 saturated carbocycles. The summed E-state index contributed by atoms with van der Waals surface area (Å²) in [5.74, 6) is 1.02. The second-order valence-electron chi connectivity index (χ2n) is 7.46. The maximum absolute atomic E-state index is 12.4. The van der Waals surface area contributed by atoms with Crippen molar-refractivity contribution in [1.82, 2.24) is 9.55 Å². The van der Waals surface area contributed by atoms with Crippen LogP contribution >= 0.6 is 0 Å². The van der Waals surface area contributed by atoms with Crippen molar-refractivity contribution in [2.45, 2.75) is 26.8 Å². The molecule has 158 valence electrons. The number of ether oxygens (including phenoxy) is 1. The monoisotopic (exact) mass is 408 g/mol. The van der Waals surface area contributed by atoms with E-state index in [1.54, 1.807) is 11.9 Å². The van der Waals surface area contributed by atoms with E-state index in [9.17, 15) is 9.59 Å². The van der Waals surface area contributed by atoms with Gasteiger partial charge >= 0.3 is 5.69 Å². The van der Waals surface area contributed by atoms with Gasteiger partial charge < -0.3 is 15.4 Å². The van der Waals surface area contributed by atoms with Crippen LogP contribution in [0.4, 0.5) is 11.5 Å². The van der Waals surface area contributed by atoms with Gasteiger partial charge in [-0.2, -0.15) is 0 Å². The maximum Gasteiger partial charge on any atom is 0.330 e. The second-order valence-corrected chi connectivity index (χ2v) is 7.46. The highest BCUT2D eigenvalue weighted by Crippen LogP contribution is 2.20. The van der Waals surface area contributed by atoms with E-state index in [1.807, 2.05) is 56.3 Å². The summed E-state index contributed by atoms with van der Waals surface area (Å²) in [6.07, 6.45) is 0.695. The standard InChI is InChI=1S/C23H28N4O3/c1-16-10-11-17(2)19(14-16)30-13-7-12-26(3)20-21(24)27(23(29)25-22(20)28)15-18-8-5-4-6-9-18/h4-6,8-11,14H,7,12-13,15,24H2,1-3H3,(H,25,28,29). The summed E-state index contributed by atoms with van der Waals surface area (Å²) in [6.45, 7) is 5.40. The number of anilines is 2. The molecule has 0 bridgehead atoms. The zero-order chi connectivity index (χ0) is 21.7. The molecule has 0 saturated heterocycles. The highest BCUT2D eigenvalue weighted by atomic mass is 16.5. The Labute approximate surface area is 175 Å². The van der Waals surface area contributed by atoms with Crippen molar-refractivity contribution in [3.05, 3.63) is 86.1 Å². The number of rotatable bonds is 8. The molecule has 0 fully saturated rings. The predicted octanol–water partition coefficient (Wildman–Crippen LogP) is 2.69. The molecule has 0 radical (unpaired) electrons. The third kappa shape index (κ3) is 4.92. The zero-order valence-electron chi connectivity index (χ0n) is 17.6. The Hall–Kier alpha value is -3.48. The van der Waals surface area contributed by atoms with Gasteiger partial charge in [-0.25, -0.2) is 4.79 Å². The number of aryl methyl sites for hydroxylation is 2. The Morgan fingerprint density at radius 3 is 2.57 bits per heavy atom. The molecule has 7 heteroatoms. The van der Waals surface area contributed by atoms with Crippen LogP contribution in [0.1, 0.15) is 23.1 Å². The molecule has 7 nitrogen and oxygen atoms in total. The lowest BCUT2D eigenvalue weighted by atomic mass is 10.1. The number of hydrogen-bond donors (Lipinski definition) is 2. The number of nitrogen functional groups attached to an aromatic ring is 1. The summed E-state index contributed by atoms with van der Waals surface area (Å²) in [7, 11) is 1.79. The van der Waals surface area contributed by atoms with E-state index in [-0.39, 0.29) is 11.5 Å². The second kappa shape index (κ2) is 9.35. The largest absolute Gasteiger partial charge is 0.493 e. The van der Waals surface area contributed by atoms with Crippen LogP contribution in [0.15, 0.2) is 58.1 Å². The van der Waals surface area contributed by atoms with Crippen LogP contribution < -0.4 is 26.6 Å². The molecule has 1 heterocycles. The highest BCUT2D eigenvalue weighted by molar-refractivity contribution is 5.62. The Balaban J connectivity index is 1.70. The van der Waals surface area contributed by atoms with E-state index in [4.69, 9.17) is 10.5 Å². The summed E-state index contributed by atoms with van der Waals surface area (Å²) < 4.78 is 7.27. The minimum atomic E-state index is -0.517. The van der Waals surface area contributed by atoms with Gasteiger partial charge in [0.1, 0.15) is 17.3 Å². The van der Waals surface area contributed by atoms with Crippen LogP contribution in [0.5, 0.6) is 5.75 Å². The normalized spacial score (nSPS) is 10.8. The van der Waals surface area contributed by atoms with Gasteiger partial charge in [0.2, 0.25) is 0 Å². The smallest absolute Gasteiger partial charge is 0.330 e. The molecule has 2 aromatic carbocycles. The molecule has 3 N–H and O–H groups in total. The predicted molar refractivity (Wildman–Crippen MR) is 121 cm³/mol. The SMILES string of the molecule is Cc1ccc(C)c(OCCCN(C)c2c(N)n(Cc3ccccc3)c(=O)[nH]c2=O)c1. The first-order valence-electron chi connectivity index (χ1n) is 9.94. The van der Waals surface area contributed by atoms with Crippen molar-refractivity contribution in [2.24, 2.45) is 0 Å². The first-order valence-corrected chi connectivity index (χ1v) is 9.94. The molecular weight excluding hydrogens is 380 g/mol. The number of benzene rings is 2. The fourth-order valence-corrected chi connectivity index (χ4v) is 3.33. The van der Waals surface area contributed by atoms with Crippen LogP contribution in [0, 0.1) is 13.8 Å². The van der Waals surface area contributed by atoms with Gasteiger partial charge in [0.05, 0.1) is 13.2 Å².